The van der Waals surface area contributed by atoms with Gasteiger partial charge in [0.2, 0.25) is 0 Å². The summed E-state index contributed by atoms with van der Waals surface area (Å²) >= 11 is 0. The summed E-state index contributed by atoms with van der Waals surface area (Å²) in [5.41, 5.74) is 5.93. The number of hydrogen-bond acceptors (Lipinski definition) is 4. The molecule has 5 rings (SSSR count). The van der Waals surface area contributed by atoms with E-state index in [1.165, 1.54) is 16.9 Å². The highest BCUT2D eigenvalue weighted by Gasteiger charge is 2.38. The zero-order chi connectivity index (χ0) is 19.5. The summed E-state index contributed by atoms with van der Waals surface area (Å²) in [6, 6.07) is 13.1. The van der Waals surface area contributed by atoms with Crippen molar-refractivity contribution in [3.05, 3.63) is 41.0 Å². The van der Waals surface area contributed by atoms with Crippen LogP contribution < -0.4 is 4.90 Å². The Labute approximate surface area is 177 Å². The number of fused-ring (bicyclic) bond motifs is 4. The quantitative estimate of drug-likeness (QED) is 0.586. The van der Waals surface area contributed by atoms with E-state index in [1.54, 1.807) is 0 Å². The molecule has 6 heteroatoms. The predicted molar refractivity (Wildman–Crippen MR) is 117 cm³/mol. The van der Waals surface area contributed by atoms with Crippen molar-refractivity contribution in [3.8, 4) is 12.1 Å². The third-order valence-corrected chi connectivity index (χ3v) is 6.58. The molecular formula is C23H24ClN5. The van der Waals surface area contributed by atoms with Crippen molar-refractivity contribution in [2.24, 2.45) is 5.92 Å². The Morgan fingerprint density at radius 1 is 1.14 bits per heavy atom. The van der Waals surface area contributed by atoms with Gasteiger partial charge in [-0.2, -0.15) is 10.5 Å². The van der Waals surface area contributed by atoms with E-state index in [4.69, 9.17) is 4.98 Å². The summed E-state index contributed by atoms with van der Waals surface area (Å²) in [7, 11) is 0. The summed E-state index contributed by atoms with van der Waals surface area (Å²) in [5.74, 6) is 1.34. The molecule has 0 amide bonds. The number of anilines is 1. The van der Waals surface area contributed by atoms with Crippen LogP contribution in [0, 0.1) is 28.6 Å². The lowest BCUT2D eigenvalue weighted by Crippen LogP contribution is -2.35. The largest absolute Gasteiger partial charge is 0.357 e. The molecule has 3 aromatic rings. The van der Waals surface area contributed by atoms with Gasteiger partial charge in [-0.05, 0) is 54.4 Å². The monoisotopic (exact) mass is 405 g/mol. The number of rotatable bonds is 1. The molecule has 1 fully saturated rings. The topological polar surface area (TPSA) is 68.1 Å². The molecule has 0 atom stereocenters. The first kappa shape index (κ1) is 19.6. The Morgan fingerprint density at radius 2 is 1.86 bits per heavy atom. The van der Waals surface area contributed by atoms with E-state index in [1.807, 2.05) is 18.2 Å². The van der Waals surface area contributed by atoms with E-state index in [0.29, 0.717) is 0 Å². The minimum atomic E-state index is -0.0278. The SMILES string of the molecule is CC1(C)CCc2c1c(C#N)c1nc3ccccc3n1c2N1CCC(C#N)CC1.Cl. The first-order valence-electron chi connectivity index (χ1n) is 10.1. The standard InChI is InChI=1S/C23H23N5.ClH/c1-23(2)10-7-16-20(23)17(14-25)21-26-18-5-3-4-6-19(18)28(21)22(16)27-11-8-15(13-24)9-12-27;/h3-6,15H,7-12H2,1-2H3;1H. The maximum atomic E-state index is 10.1. The van der Waals surface area contributed by atoms with Gasteiger partial charge >= 0.3 is 0 Å². The van der Waals surface area contributed by atoms with Crippen molar-refractivity contribution in [2.75, 3.05) is 18.0 Å². The number of hydrogen-bond donors (Lipinski definition) is 0. The molecule has 29 heavy (non-hydrogen) atoms. The molecule has 0 unspecified atom stereocenters. The molecular weight excluding hydrogens is 382 g/mol. The zero-order valence-corrected chi connectivity index (χ0v) is 17.6. The normalized spacial score (nSPS) is 18.3. The van der Waals surface area contributed by atoms with E-state index in [2.05, 4.69) is 41.4 Å². The molecule has 3 heterocycles. The van der Waals surface area contributed by atoms with Crippen LogP contribution in [0.15, 0.2) is 24.3 Å². The third kappa shape index (κ3) is 2.76. The van der Waals surface area contributed by atoms with Crippen molar-refractivity contribution in [1.82, 2.24) is 9.38 Å². The molecule has 0 N–H and O–H groups in total. The van der Waals surface area contributed by atoms with Crippen LogP contribution in [0.2, 0.25) is 0 Å². The average Bonchev–Trinajstić information content (AvgIpc) is 3.24. The van der Waals surface area contributed by atoms with Gasteiger partial charge in [0.15, 0.2) is 5.65 Å². The molecule has 1 saturated heterocycles. The number of halogens is 1. The molecule has 2 aromatic heterocycles. The highest BCUT2D eigenvalue weighted by atomic mass is 35.5. The van der Waals surface area contributed by atoms with Crippen LogP contribution in [0.4, 0.5) is 5.82 Å². The third-order valence-electron chi connectivity index (χ3n) is 6.58. The molecule has 0 radical (unpaired) electrons. The highest BCUT2D eigenvalue weighted by Crippen LogP contribution is 2.47. The van der Waals surface area contributed by atoms with Crippen LogP contribution in [-0.2, 0) is 11.8 Å². The fourth-order valence-corrected chi connectivity index (χ4v) is 5.12. The number of nitrogens with zero attached hydrogens (tertiary/aromatic N) is 5. The summed E-state index contributed by atoms with van der Waals surface area (Å²) < 4.78 is 2.21. The molecule has 148 valence electrons. The minimum Gasteiger partial charge on any atom is -0.357 e. The van der Waals surface area contributed by atoms with Crippen molar-refractivity contribution in [3.63, 3.8) is 0 Å². The van der Waals surface area contributed by atoms with E-state index >= 15 is 0 Å². The minimum absolute atomic E-state index is 0. The summed E-state index contributed by atoms with van der Waals surface area (Å²) in [6.07, 6.45) is 3.81. The molecule has 0 saturated carbocycles. The van der Waals surface area contributed by atoms with E-state index in [0.717, 1.165) is 61.0 Å². The first-order chi connectivity index (χ1) is 13.5. The van der Waals surface area contributed by atoms with Gasteiger partial charge in [0, 0.05) is 19.0 Å². The number of imidazole rings is 1. The number of benzene rings is 1. The van der Waals surface area contributed by atoms with Crippen LogP contribution >= 0.6 is 12.4 Å². The lowest BCUT2D eigenvalue weighted by molar-refractivity contribution is 0.483. The lowest BCUT2D eigenvalue weighted by atomic mass is 9.84. The van der Waals surface area contributed by atoms with Crippen molar-refractivity contribution in [2.45, 2.75) is 44.9 Å². The molecule has 1 aromatic carbocycles. The number of pyridine rings is 1. The number of aromatic nitrogens is 2. The van der Waals surface area contributed by atoms with E-state index in [-0.39, 0.29) is 23.7 Å². The Hall–Kier alpha value is -2.76. The second kappa shape index (κ2) is 6.94. The van der Waals surface area contributed by atoms with Gasteiger partial charge in [-0.25, -0.2) is 4.98 Å². The molecule has 2 aliphatic rings. The van der Waals surface area contributed by atoms with Gasteiger partial charge in [0.25, 0.3) is 0 Å². The Balaban J connectivity index is 0.00000205. The highest BCUT2D eigenvalue weighted by molar-refractivity contribution is 5.87. The lowest BCUT2D eigenvalue weighted by Gasteiger charge is -2.34. The Kier molecular flexibility index (Phi) is 4.68. The smallest absolute Gasteiger partial charge is 0.157 e. The van der Waals surface area contributed by atoms with Gasteiger partial charge in [-0.1, -0.05) is 26.0 Å². The van der Waals surface area contributed by atoms with Crippen LogP contribution in [0.25, 0.3) is 16.7 Å². The van der Waals surface area contributed by atoms with Crippen LogP contribution in [-0.4, -0.2) is 22.5 Å². The summed E-state index contributed by atoms with van der Waals surface area (Å²) in [6.45, 7) is 6.23. The van der Waals surface area contributed by atoms with Crippen molar-refractivity contribution in [1.29, 1.82) is 10.5 Å². The van der Waals surface area contributed by atoms with Gasteiger partial charge in [0.1, 0.15) is 11.9 Å². The van der Waals surface area contributed by atoms with Gasteiger partial charge in [0.05, 0.1) is 22.7 Å². The van der Waals surface area contributed by atoms with E-state index in [9.17, 15) is 10.5 Å². The number of piperidine rings is 1. The second-order valence-corrected chi connectivity index (χ2v) is 8.70. The Bertz CT molecular complexity index is 1190. The van der Waals surface area contributed by atoms with Crippen LogP contribution in [0.1, 0.15) is 49.8 Å². The summed E-state index contributed by atoms with van der Waals surface area (Å²) in [4.78, 5) is 7.30. The zero-order valence-electron chi connectivity index (χ0n) is 16.8. The van der Waals surface area contributed by atoms with Crippen LogP contribution in [0.3, 0.4) is 0 Å². The molecule has 0 spiro atoms. The van der Waals surface area contributed by atoms with Gasteiger partial charge in [-0.3, -0.25) is 4.40 Å². The summed E-state index contributed by atoms with van der Waals surface area (Å²) in [5, 5.41) is 19.4. The second-order valence-electron chi connectivity index (χ2n) is 8.70. The van der Waals surface area contributed by atoms with E-state index < -0.39 is 0 Å². The first-order valence-corrected chi connectivity index (χ1v) is 10.1. The van der Waals surface area contributed by atoms with Gasteiger partial charge < -0.3 is 4.90 Å². The molecule has 5 nitrogen and oxygen atoms in total. The van der Waals surface area contributed by atoms with Crippen LogP contribution in [0.5, 0.6) is 0 Å². The molecule has 1 aliphatic carbocycles. The number of para-hydroxylation sites is 2. The molecule has 0 bridgehead atoms. The fourth-order valence-electron chi connectivity index (χ4n) is 5.12. The predicted octanol–water partition coefficient (Wildman–Crippen LogP) is 4.74. The number of nitriles is 2. The maximum Gasteiger partial charge on any atom is 0.157 e. The molecule has 1 aliphatic heterocycles. The Morgan fingerprint density at radius 3 is 2.55 bits per heavy atom. The fraction of sp³-hybridized carbons (Fsp3) is 0.435. The average molecular weight is 406 g/mol. The maximum absolute atomic E-state index is 10.1. The van der Waals surface area contributed by atoms with Gasteiger partial charge in [-0.15, -0.1) is 12.4 Å². The van der Waals surface area contributed by atoms with Crippen molar-refractivity contribution < 1.29 is 0 Å². The van der Waals surface area contributed by atoms with Crippen molar-refractivity contribution >= 4 is 34.9 Å².